The maximum Gasteiger partial charge on any atom is 0.330 e. The highest BCUT2D eigenvalue weighted by Gasteiger charge is 2.26. The van der Waals surface area contributed by atoms with E-state index in [9.17, 15) is 24.9 Å². The van der Waals surface area contributed by atoms with Gasteiger partial charge in [0.1, 0.15) is 11.4 Å². The predicted octanol–water partition coefficient (Wildman–Crippen LogP) is 2.70. The zero-order valence-electron chi connectivity index (χ0n) is 13.7. The van der Waals surface area contributed by atoms with Gasteiger partial charge in [-0.2, -0.15) is 5.10 Å². The number of aromatic nitrogens is 2. The van der Waals surface area contributed by atoms with Gasteiger partial charge in [0.05, 0.1) is 0 Å². The average molecular weight is 388 g/mol. The Morgan fingerprint density at radius 1 is 1.04 bits per heavy atom. The molecule has 1 atom stereocenters. The van der Waals surface area contributed by atoms with Gasteiger partial charge >= 0.3 is 5.97 Å². The van der Waals surface area contributed by atoms with Crippen LogP contribution in [0.15, 0.2) is 48.5 Å². The lowest BCUT2D eigenvalue weighted by molar-refractivity contribution is -0.139. The molecule has 0 spiro atoms. The maximum atomic E-state index is 12.4. The number of H-pyrrole nitrogens is 1. The van der Waals surface area contributed by atoms with Crippen molar-refractivity contribution in [3.63, 3.8) is 0 Å². The summed E-state index contributed by atoms with van der Waals surface area (Å²) in [4.78, 5) is 24.0. The van der Waals surface area contributed by atoms with Crippen molar-refractivity contribution in [1.29, 1.82) is 0 Å². The first kappa shape index (κ1) is 18.3. The number of hydrogen-bond acceptors (Lipinski definition) is 5. The number of hydrogen-bond donors (Lipinski definition) is 5. The number of phenols is 1. The highest BCUT2D eigenvalue weighted by atomic mass is 35.5. The second kappa shape index (κ2) is 7.38. The number of nitrogens with zero attached hydrogens (tertiary/aromatic N) is 1. The largest absolute Gasteiger partial charge is 0.508 e. The van der Waals surface area contributed by atoms with Crippen LogP contribution in [0.25, 0.3) is 11.3 Å². The molecule has 0 bridgehead atoms. The number of aromatic hydroxyl groups is 2. The van der Waals surface area contributed by atoms with Crippen molar-refractivity contribution in [3.05, 3.63) is 64.8 Å². The average Bonchev–Trinajstić information content (AvgIpc) is 3.02. The van der Waals surface area contributed by atoms with Gasteiger partial charge in [0.25, 0.3) is 5.91 Å². The number of nitrogens with one attached hydrogen (secondary N) is 2. The molecule has 1 aromatic heterocycles. The lowest BCUT2D eigenvalue weighted by Crippen LogP contribution is -2.34. The van der Waals surface area contributed by atoms with Gasteiger partial charge in [0.15, 0.2) is 17.5 Å². The van der Waals surface area contributed by atoms with E-state index in [0.717, 1.165) is 0 Å². The van der Waals surface area contributed by atoms with E-state index in [1.54, 1.807) is 0 Å². The van der Waals surface area contributed by atoms with Gasteiger partial charge in [0, 0.05) is 10.6 Å². The maximum absolute atomic E-state index is 12.4. The van der Waals surface area contributed by atoms with Crippen LogP contribution < -0.4 is 5.32 Å². The molecular weight excluding hydrogens is 374 g/mol. The van der Waals surface area contributed by atoms with Crippen molar-refractivity contribution in [3.8, 4) is 22.8 Å². The summed E-state index contributed by atoms with van der Waals surface area (Å²) in [5.41, 5.74) is 0.600. The van der Waals surface area contributed by atoms with Crippen LogP contribution in [0.2, 0.25) is 5.02 Å². The Bertz CT molecular complexity index is 983. The molecule has 3 rings (SSSR count). The second-order valence-corrected chi connectivity index (χ2v) is 6.08. The van der Waals surface area contributed by atoms with Crippen molar-refractivity contribution in [1.82, 2.24) is 15.5 Å². The molecule has 8 nitrogen and oxygen atoms in total. The minimum atomic E-state index is -1.34. The number of carbonyl (C=O) groups is 2. The fraction of sp³-hybridized carbons (Fsp3) is 0.0556. The van der Waals surface area contributed by atoms with Gasteiger partial charge in [0.2, 0.25) is 0 Å². The van der Waals surface area contributed by atoms with Gasteiger partial charge in [-0.3, -0.25) is 9.89 Å². The number of rotatable bonds is 5. The normalized spacial score (nSPS) is 11.7. The summed E-state index contributed by atoms with van der Waals surface area (Å²) in [6.07, 6.45) is 0. The molecule has 0 aliphatic heterocycles. The van der Waals surface area contributed by atoms with Crippen LogP contribution in [0.4, 0.5) is 0 Å². The number of carbonyl (C=O) groups excluding carboxylic acids is 1. The van der Waals surface area contributed by atoms with Gasteiger partial charge in [-0.1, -0.05) is 23.7 Å². The lowest BCUT2D eigenvalue weighted by Gasteiger charge is -2.14. The molecule has 0 radical (unpaired) electrons. The Morgan fingerprint density at radius 2 is 1.67 bits per heavy atom. The number of phenolic OH excluding ortho intramolecular Hbond substituents is 1. The second-order valence-electron chi connectivity index (χ2n) is 5.64. The van der Waals surface area contributed by atoms with E-state index in [0.29, 0.717) is 16.1 Å². The van der Waals surface area contributed by atoms with E-state index < -0.39 is 23.7 Å². The molecule has 2 aromatic carbocycles. The van der Waals surface area contributed by atoms with E-state index in [-0.39, 0.29) is 17.1 Å². The van der Waals surface area contributed by atoms with Crippen molar-refractivity contribution < 1.29 is 24.9 Å². The fourth-order valence-corrected chi connectivity index (χ4v) is 2.59. The monoisotopic (exact) mass is 387 g/mol. The molecule has 3 aromatic rings. The van der Waals surface area contributed by atoms with Gasteiger partial charge < -0.3 is 20.6 Å². The van der Waals surface area contributed by atoms with Crippen LogP contribution in [0, 0.1) is 0 Å². The Kier molecular flexibility index (Phi) is 5.00. The van der Waals surface area contributed by atoms with Crippen LogP contribution in [0.3, 0.4) is 0 Å². The van der Waals surface area contributed by atoms with Crippen LogP contribution >= 0.6 is 11.6 Å². The summed E-state index contributed by atoms with van der Waals surface area (Å²) in [5, 5.41) is 38.1. The highest BCUT2D eigenvalue weighted by Crippen LogP contribution is 2.31. The molecule has 0 fully saturated rings. The van der Waals surface area contributed by atoms with Gasteiger partial charge in [-0.15, -0.1) is 0 Å². The number of halogens is 1. The first-order valence-corrected chi connectivity index (χ1v) is 8.10. The Hall–Kier alpha value is -3.52. The van der Waals surface area contributed by atoms with Gasteiger partial charge in [-0.25, -0.2) is 4.79 Å². The van der Waals surface area contributed by atoms with Crippen molar-refractivity contribution >= 4 is 23.5 Å². The minimum Gasteiger partial charge on any atom is -0.508 e. The van der Waals surface area contributed by atoms with E-state index in [4.69, 9.17) is 11.6 Å². The number of aliphatic carboxylic acids is 1. The molecule has 9 heteroatoms. The molecule has 0 saturated heterocycles. The number of aromatic amines is 1. The number of carboxylic acids is 1. The Morgan fingerprint density at radius 3 is 2.26 bits per heavy atom. The number of carboxylic acid groups (broad SMARTS) is 1. The minimum absolute atomic E-state index is 0.0407. The molecule has 1 heterocycles. The topological polar surface area (TPSA) is 136 Å². The van der Waals surface area contributed by atoms with Crippen molar-refractivity contribution in [2.45, 2.75) is 6.04 Å². The standard InChI is InChI=1S/C18H14ClN3O5/c19-11-5-1-10(2-6-11)14(18(26)27)20-17(25)15-16(24)13(21-22-15)9-3-7-12(23)8-4-9/h1-8,14,23-24H,(H,20,25)(H,21,22)(H,26,27). The number of benzene rings is 2. The molecule has 138 valence electrons. The summed E-state index contributed by atoms with van der Waals surface area (Å²) >= 11 is 5.79. The molecule has 5 N–H and O–H groups in total. The summed E-state index contributed by atoms with van der Waals surface area (Å²) in [6, 6.07) is 10.5. The van der Waals surface area contributed by atoms with E-state index in [1.807, 2.05) is 0 Å². The van der Waals surface area contributed by atoms with Crippen LogP contribution in [0.1, 0.15) is 22.1 Å². The zero-order chi connectivity index (χ0) is 19.6. The molecule has 1 amide bonds. The Balaban J connectivity index is 1.86. The molecule has 27 heavy (non-hydrogen) atoms. The van der Waals surface area contributed by atoms with Gasteiger partial charge in [-0.05, 0) is 42.0 Å². The summed E-state index contributed by atoms with van der Waals surface area (Å²) in [7, 11) is 0. The summed E-state index contributed by atoms with van der Waals surface area (Å²) in [6.45, 7) is 0. The van der Waals surface area contributed by atoms with E-state index in [2.05, 4.69) is 15.5 Å². The quantitative estimate of drug-likeness (QED) is 0.456. The van der Waals surface area contributed by atoms with Crippen molar-refractivity contribution in [2.75, 3.05) is 0 Å². The smallest absolute Gasteiger partial charge is 0.330 e. The third-order valence-corrected chi connectivity index (χ3v) is 4.09. The Labute approximate surface area is 158 Å². The predicted molar refractivity (Wildman–Crippen MR) is 96.6 cm³/mol. The molecule has 0 aliphatic rings. The number of amides is 1. The molecule has 0 saturated carbocycles. The zero-order valence-corrected chi connectivity index (χ0v) is 14.4. The molecule has 0 aliphatic carbocycles. The SMILES string of the molecule is O=C(NC(C(=O)O)c1ccc(Cl)cc1)c1[nH]nc(-c2ccc(O)cc2)c1O. The molecule has 1 unspecified atom stereocenters. The van der Waals surface area contributed by atoms with E-state index in [1.165, 1.54) is 48.5 Å². The van der Waals surface area contributed by atoms with Crippen LogP contribution in [0.5, 0.6) is 11.5 Å². The molecular formula is C18H14ClN3O5. The first-order chi connectivity index (χ1) is 12.9. The fourth-order valence-electron chi connectivity index (χ4n) is 2.46. The summed E-state index contributed by atoms with van der Waals surface area (Å²) in [5.74, 6) is -2.51. The van der Waals surface area contributed by atoms with Crippen LogP contribution in [-0.2, 0) is 4.79 Å². The van der Waals surface area contributed by atoms with Crippen LogP contribution in [-0.4, -0.2) is 37.4 Å². The van der Waals surface area contributed by atoms with Crippen molar-refractivity contribution in [2.24, 2.45) is 0 Å². The third-order valence-electron chi connectivity index (χ3n) is 3.83. The first-order valence-electron chi connectivity index (χ1n) is 7.72. The highest BCUT2D eigenvalue weighted by molar-refractivity contribution is 6.30. The summed E-state index contributed by atoms with van der Waals surface area (Å²) < 4.78 is 0. The lowest BCUT2D eigenvalue weighted by atomic mass is 10.1. The third kappa shape index (κ3) is 3.85. The van der Waals surface area contributed by atoms with E-state index >= 15 is 0 Å².